The van der Waals surface area contributed by atoms with Crippen molar-refractivity contribution in [1.82, 2.24) is 30.2 Å². The second-order valence-corrected chi connectivity index (χ2v) is 25.9. The molecule has 7 amide bonds. The standard InChI is InChI=1S/C70H97N7O14/c1-45(2)39-55-64(82)72-53(41-48-25-16-13-17-26-48)67(85)76(9)62(46(3)4)65(83)73-52(40-47-23-14-12-15-24-47)66(84)74(7)37-20-19-30-61(80)90-44-70(5,6)63(81)68(86)77-38-21-18-29-54(77)69(87)91-56(33-31-49-32-34-57(88-10)58(42-49)89-11)50-27-22-28-51(43-50)71-59(78)35-36-60(79)75(55)8/h13,16-17,19,22,25-28,30,32,34,42-43,45-47,52-56,62H,12,14-15,18,20-21,23-24,29,31,33,35-41,44H2,1-11H3,(H,71,78)(H,72,82)(H,73,83)/t52-,53+,54-,55-,56+,62-/m0/s1. The molecular weight excluding hydrogens is 1160 g/mol. The van der Waals surface area contributed by atoms with Crippen molar-refractivity contribution in [3.63, 3.8) is 0 Å². The number of likely N-dealkylation sites (N-methyl/N-ethyl adjacent to an activating group) is 3. The number of Topliss-reactive ketones (excluding diaryl/α,β-unsaturated/α-hetero) is 1. The van der Waals surface area contributed by atoms with E-state index in [1.807, 2.05) is 56.3 Å². The van der Waals surface area contributed by atoms with Gasteiger partial charge >= 0.3 is 11.9 Å². The van der Waals surface area contributed by atoms with E-state index in [2.05, 4.69) is 16.0 Å². The summed E-state index contributed by atoms with van der Waals surface area (Å²) in [6.45, 7) is 10.2. The van der Waals surface area contributed by atoms with Crippen LogP contribution in [0.1, 0.15) is 154 Å². The summed E-state index contributed by atoms with van der Waals surface area (Å²) in [6, 6.07) is 15.9. The lowest BCUT2D eigenvalue weighted by atomic mass is 9.84. The number of carbonyl (C=O) groups excluding carboxylic acids is 10. The summed E-state index contributed by atoms with van der Waals surface area (Å²) in [5, 5.41) is 8.88. The van der Waals surface area contributed by atoms with Crippen LogP contribution in [0.2, 0.25) is 0 Å². The lowest BCUT2D eigenvalue weighted by molar-refractivity contribution is -0.165. The van der Waals surface area contributed by atoms with E-state index in [1.54, 1.807) is 51.2 Å². The number of nitrogens with one attached hydrogen (secondary N) is 3. The highest BCUT2D eigenvalue weighted by Gasteiger charge is 2.43. The van der Waals surface area contributed by atoms with Gasteiger partial charge in [-0.25, -0.2) is 9.59 Å². The number of aryl methyl sites for hydroxylation is 1. The van der Waals surface area contributed by atoms with E-state index >= 15 is 4.79 Å². The second-order valence-electron chi connectivity index (χ2n) is 25.9. The third-order valence-corrected chi connectivity index (χ3v) is 17.5. The minimum Gasteiger partial charge on any atom is -0.493 e. The van der Waals surface area contributed by atoms with Gasteiger partial charge in [0.1, 0.15) is 42.9 Å². The van der Waals surface area contributed by atoms with Gasteiger partial charge in [-0.15, -0.1) is 0 Å². The molecule has 2 heterocycles. The van der Waals surface area contributed by atoms with Crippen LogP contribution >= 0.6 is 0 Å². The molecule has 21 nitrogen and oxygen atoms in total. The number of amides is 7. The van der Waals surface area contributed by atoms with E-state index in [0.29, 0.717) is 48.4 Å². The number of methoxy groups -OCH3 is 2. The molecule has 6 rings (SSSR count). The van der Waals surface area contributed by atoms with E-state index in [0.717, 1.165) is 43.2 Å². The van der Waals surface area contributed by atoms with Gasteiger partial charge in [0.05, 0.1) is 19.6 Å². The van der Waals surface area contributed by atoms with Gasteiger partial charge in [-0.2, -0.15) is 0 Å². The fraction of sp³-hybridized carbons (Fsp3) is 0.571. The van der Waals surface area contributed by atoms with E-state index in [-0.39, 0.29) is 75.8 Å². The van der Waals surface area contributed by atoms with Crippen molar-refractivity contribution in [3.8, 4) is 11.5 Å². The van der Waals surface area contributed by atoms with Gasteiger partial charge < -0.3 is 54.5 Å². The molecule has 1 saturated carbocycles. The van der Waals surface area contributed by atoms with Gasteiger partial charge in [0.25, 0.3) is 5.91 Å². The van der Waals surface area contributed by atoms with E-state index in [4.69, 9.17) is 18.9 Å². The van der Waals surface area contributed by atoms with E-state index in [1.165, 1.54) is 73.9 Å². The Bertz CT molecular complexity index is 3050. The molecule has 2 aliphatic heterocycles. The molecule has 0 radical (unpaired) electrons. The molecule has 91 heavy (non-hydrogen) atoms. The predicted molar refractivity (Wildman–Crippen MR) is 344 cm³/mol. The number of piperidine rings is 1. The average Bonchev–Trinajstić information content (AvgIpc) is 3.71. The SMILES string of the molecule is COc1ccc(CC[C@H]2OC(=O)[C@@H]3CCCCN3C(=O)C(=O)C(C)(C)COC(=O)C=CCCN(C)C(=O)[C@H](CC3CCCCC3)NC(=O)[C@H](C(C)C)N(C)C(=O)[C@@H](Cc3ccccc3)NC(=O)[C@H](CC(C)C)N(C)C(=O)CCC(=O)Nc3cccc2c3)cc1OC. The lowest BCUT2D eigenvalue weighted by Crippen LogP contribution is -2.60. The number of ether oxygens (including phenoxy) is 4. The van der Waals surface area contributed by atoms with Crippen molar-refractivity contribution in [2.45, 2.75) is 181 Å². The minimum absolute atomic E-state index is 0.0498. The van der Waals surface area contributed by atoms with Crippen molar-refractivity contribution in [3.05, 3.63) is 102 Å². The first-order valence-corrected chi connectivity index (χ1v) is 32.2. The van der Waals surface area contributed by atoms with Gasteiger partial charge in [0.2, 0.25) is 41.2 Å². The molecule has 21 heteroatoms. The number of carbonyl (C=O) groups is 10. The smallest absolute Gasteiger partial charge is 0.330 e. The zero-order chi connectivity index (χ0) is 66.5. The number of rotatable bonds is 12. The predicted octanol–water partition coefficient (Wildman–Crippen LogP) is 8.12. The fourth-order valence-corrected chi connectivity index (χ4v) is 12.2. The molecule has 0 aromatic heterocycles. The number of cyclic esters (lactones) is 2. The van der Waals surface area contributed by atoms with E-state index < -0.39 is 107 Å². The number of anilines is 1. The maximum atomic E-state index is 15.0. The molecule has 3 aliphatic rings. The summed E-state index contributed by atoms with van der Waals surface area (Å²) < 4.78 is 22.9. The normalized spacial score (nSPS) is 23.5. The van der Waals surface area contributed by atoms with E-state index in [9.17, 15) is 43.2 Å². The van der Waals surface area contributed by atoms with Crippen molar-refractivity contribution in [1.29, 1.82) is 0 Å². The Balaban J connectivity index is 1.33. The highest BCUT2D eigenvalue weighted by molar-refractivity contribution is 6.38. The van der Waals surface area contributed by atoms with Crippen molar-refractivity contribution >= 4 is 64.8 Å². The Hall–Kier alpha value is -8.10. The quantitative estimate of drug-likeness (QED) is 0.114. The second kappa shape index (κ2) is 34.4. The summed E-state index contributed by atoms with van der Waals surface area (Å²) in [4.78, 5) is 148. The Morgan fingerprint density at radius 1 is 0.692 bits per heavy atom. The van der Waals surface area contributed by atoms with Gasteiger partial charge in [0, 0.05) is 65.3 Å². The number of benzene rings is 3. The summed E-state index contributed by atoms with van der Waals surface area (Å²) in [6.07, 6.45) is 8.85. The summed E-state index contributed by atoms with van der Waals surface area (Å²) in [5.74, 6) is -5.75. The largest absolute Gasteiger partial charge is 0.493 e. The molecule has 3 N–H and O–H groups in total. The topological polar surface area (TPSA) is 257 Å². The molecule has 496 valence electrons. The molecule has 0 spiro atoms. The number of hydrogen-bond acceptors (Lipinski definition) is 14. The first-order chi connectivity index (χ1) is 43.3. The van der Waals surface area contributed by atoms with Crippen molar-refractivity contribution in [2.24, 2.45) is 23.2 Å². The van der Waals surface area contributed by atoms with Crippen LogP contribution < -0.4 is 25.4 Å². The monoisotopic (exact) mass is 1260 g/mol. The van der Waals surface area contributed by atoms with Crippen LogP contribution in [0.5, 0.6) is 11.5 Å². The zero-order valence-corrected chi connectivity index (χ0v) is 55.2. The Morgan fingerprint density at radius 2 is 1.38 bits per heavy atom. The molecule has 1 saturated heterocycles. The molecule has 0 unspecified atom stereocenters. The third kappa shape index (κ3) is 20.7. The number of hydrogen-bond donors (Lipinski definition) is 3. The number of ketones is 1. The van der Waals surface area contributed by atoms with Crippen LogP contribution in [0.25, 0.3) is 0 Å². The first kappa shape index (κ1) is 72.0. The maximum Gasteiger partial charge on any atom is 0.330 e. The van der Waals surface area contributed by atoms with Crippen LogP contribution in [0.3, 0.4) is 0 Å². The highest BCUT2D eigenvalue weighted by Crippen LogP contribution is 2.34. The van der Waals surface area contributed by atoms with Crippen LogP contribution in [-0.2, 0) is 70.3 Å². The zero-order valence-electron chi connectivity index (χ0n) is 55.2. The highest BCUT2D eigenvalue weighted by atomic mass is 16.5. The molecule has 6 atom stereocenters. The molecular formula is C70H97N7O14. The summed E-state index contributed by atoms with van der Waals surface area (Å²) in [7, 11) is 7.67. The number of nitrogens with zero attached hydrogens (tertiary/aromatic N) is 4. The maximum absolute atomic E-state index is 15.0. The van der Waals surface area contributed by atoms with Crippen molar-refractivity contribution in [2.75, 3.05) is 60.4 Å². The van der Waals surface area contributed by atoms with Crippen LogP contribution in [-0.4, -0.2) is 164 Å². The van der Waals surface area contributed by atoms with Gasteiger partial charge in [-0.1, -0.05) is 114 Å². The number of esters is 2. The molecule has 2 fully saturated rings. The Kier molecular flexibility index (Phi) is 27.2. The van der Waals surface area contributed by atoms with Gasteiger partial charge in [0.15, 0.2) is 11.5 Å². The Morgan fingerprint density at radius 3 is 2.07 bits per heavy atom. The minimum atomic E-state index is -1.50. The first-order valence-electron chi connectivity index (χ1n) is 32.2. The molecule has 3 aromatic rings. The molecule has 2 bridgehead atoms. The number of fused-ring (bicyclic) bond motifs is 3. The average molecular weight is 1260 g/mol. The third-order valence-electron chi connectivity index (χ3n) is 17.5. The van der Waals surface area contributed by atoms with Crippen molar-refractivity contribution < 1.29 is 66.9 Å². The molecule has 3 aromatic carbocycles. The summed E-state index contributed by atoms with van der Waals surface area (Å²) >= 11 is 0. The summed E-state index contributed by atoms with van der Waals surface area (Å²) in [5.41, 5.74) is 0.905. The Labute approximate surface area is 537 Å². The van der Waals surface area contributed by atoms with Crippen LogP contribution in [0, 0.1) is 23.2 Å². The molecule has 1 aliphatic carbocycles. The van der Waals surface area contributed by atoms with Gasteiger partial charge in [-0.05, 0) is 124 Å². The van der Waals surface area contributed by atoms with Crippen LogP contribution in [0.15, 0.2) is 84.9 Å². The van der Waals surface area contributed by atoms with Gasteiger partial charge in [-0.3, -0.25) is 38.4 Å². The van der Waals surface area contributed by atoms with Crippen LogP contribution in [0.4, 0.5) is 5.69 Å². The lowest BCUT2D eigenvalue weighted by Gasteiger charge is -2.36. The fourth-order valence-electron chi connectivity index (χ4n) is 12.2.